The molecule has 0 aromatic heterocycles. The molecule has 2 aromatic rings. The van der Waals surface area contributed by atoms with Crippen molar-refractivity contribution in [2.75, 3.05) is 13.2 Å². The molecule has 2 aromatic carbocycles. The highest BCUT2D eigenvalue weighted by atomic mass is 16.5. The van der Waals surface area contributed by atoms with Gasteiger partial charge < -0.3 is 15.6 Å². The molecule has 0 amide bonds. The molecule has 0 spiro atoms. The van der Waals surface area contributed by atoms with Gasteiger partial charge in [-0.25, -0.2) is 0 Å². The van der Waals surface area contributed by atoms with Crippen molar-refractivity contribution < 1.29 is 9.84 Å². The summed E-state index contributed by atoms with van der Waals surface area (Å²) in [7, 11) is 0. The van der Waals surface area contributed by atoms with Crippen LogP contribution >= 0.6 is 0 Å². The Morgan fingerprint density at radius 2 is 1.92 bits per heavy atom. The summed E-state index contributed by atoms with van der Waals surface area (Å²) >= 11 is 0. The van der Waals surface area contributed by atoms with E-state index in [4.69, 9.17) is 10.5 Å². The second kappa shape index (κ2) is 6.93. The van der Waals surface area contributed by atoms with Gasteiger partial charge >= 0.3 is 0 Å². The fourth-order valence-corrected chi connectivity index (χ4v) is 3.36. The third-order valence-electron chi connectivity index (χ3n) is 4.86. The van der Waals surface area contributed by atoms with E-state index in [1.165, 1.54) is 11.1 Å². The zero-order chi connectivity index (χ0) is 17.2. The fraction of sp³-hybridized carbons (Fsp3) is 0.400. The van der Waals surface area contributed by atoms with Gasteiger partial charge in [-0.1, -0.05) is 42.5 Å². The van der Waals surface area contributed by atoms with Crippen LogP contribution in [-0.2, 0) is 13.2 Å². The van der Waals surface area contributed by atoms with E-state index in [0.717, 1.165) is 17.9 Å². The van der Waals surface area contributed by atoms with Crippen LogP contribution in [-0.4, -0.2) is 28.7 Å². The zero-order valence-electron chi connectivity index (χ0n) is 14.4. The van der Waals surface area contributed by atoms with Crippen LogP contribution in [0.4, 0.5) is 0 Å². The van der Waals surface area contributed by atoms with E-state index < -0.39 is 0 Å². The van der Waals surface area contributed by atoms with E-state index in [0.29, 0.717) is 13.2 Å². The lowest BCUT2D eigenvalue weighted by molar-refractivity contribution is 0.0290. The van der Waals surface area contributed by atoms with E-state index >= 15 is 0 Å². The first-order chi connectivity index (χ1) is 11.6. The van der Waals surface area contributed by atoms with E-state index in [1.807, 2.05) is 44.2 Å². The van der Waals surface area contributed by atoms with Crippen molar-refractivity contribution in [1.29, 1.82) is 0 Å². The lowest BCUT2D eigenvalue weighted by atomic mass is 10.0. The van der Waals surface area contributed by atoms with Crippen molar-refractivity contribution in [1.82, 2.24) is 4.90 Å². The van der Waals surface area contributed by atoms with E-state index in [1.54, 1.807) is 0 Å². The van der Waals surface area contributed by atoms with Crippen molar-refractivity contribution >= 4 is 0 Å². The van der Waals surface area contributed by atoms with Crippen LogP contribution in [0.5, 0.6) is 5.75 Å². The molecule has 0 fully saturated rings. The average Bonchev–Trinajstić information content (AvgIpc) is 3.01. The van der Waals surface area contributed by atoms with Gasteiger partial charge in [0.1, 0.15) is 12.4 Å². The Morgan fingerprint density at radius 3 is 2.58 bits per heavy atom. The van der Waals surface area contributed by atoms with Crippen LogP contribution < -0.4 is 10.5 Å². The number of aliphatic hydroxyl groups is 1. The van der Waals surface area contributed by atoms with Gasteiger partial charge in [0.05, 0.1) is 6.61 Å². The molecule has 3 rings (SSSR count). The van der Waals surface area contributed by atoms with Crippen molar-refractivity contribution in [3.8, 4) is 5.75 Å². The van der Waals surface area contributed by atoms with E-state index in [-0.39, 0.29) is 18.2 Å². The molecule has 1 aliphatic heterocycles. The predicted molar refractivity (Wildman–Crippen MR) is 95.7 cm³/mol. The molecule has 0 saturated carbocycles. The largest absolute Gasteiger partial charge is 0.489 e. The standard InChI is InChI=1S/C20H26N2O2/c1-20(2,14-23)22-12-17-16(18(22)11-21)9-6-10-19(17)24-13-15-7-4-3-5-8-15/h3-10,18,23H,11-14,21H2,1-2H3. The maximum Gasteiger partial charge on any atom is 0.124 e. The number of nitrogens with two attached hydrogens (primary N) is 1. The molecule has 1 atom stereocenters. The summed E-state index contributed by atoms with van der Waals surface area (Å²) in [6, 6.07) is 16.4. The molecule has 1 unspecified atom stereocenters. The highest BCUT2D eigenvalue weighted by Crippen LogP contribution is 2.42. The number of hydrogen-bond donors (Lipinski definition) is 2. The maximum absolute atomic E-state index is 9.75. The van der Waals surface area contributed by atoms with Gasteiger partial charge in [-0.2, -0.15) is 0 Å². The van der Waals surface area contributed by atoms with Crippen LogP contribution in [0.1, 0.15) is 36.6 Å². The topological polar surface area (TPSA) is 58.7 Å². The minimum atomic E-state index is -0.320. The molecule has 128 valence electrons. The van der Waals surface area contributed by atoms with E-state index in [2.05, 4.69) is 23.1 Å². The summed E-state index contributed by atoms with van der Waals surface area (Å²) < 4.78 is 6.09. The smallest absolute Gasteiger partial charge is 0.124 e. The molecule has 1 heterocycles. The summed E-state index contributed by atoms with van der Waals surface area (Å²) in [4.78, 5) is 2.27. The van der Waals surface area contributed by atoms with Gasteiger partial charge in [0, 0.05) is 30.2 Å². The lowest BCUT2D eigenvalue weighted by Gasteiger charge is -2.38. The molecule has 24 heavy (non-hydrogen) atoms. The summed E-state index contributed by atoms with van der Waals surface area (Å²) in [6.07, 6.45) is 0. The summed E-state index contributed by atoms with van der Waals surface area (Å²) in [5.41, 5.74) is 9.27. The monoisotopic (exact) mass is 326 g/mol. The Labute approximate surface area is 143 Å². The van der Waals surface area contributed by atoms with Crippen LogP contribution in [0.25, 0.3) is 0 Å². The predicted octanol–water partition coefficient (Wildman–Crippen LogP) is 2.85. The second-order valence-corrected chi connectivity index (χ2v) is 6.95. The van der Waals surface area contributed by atoms with Crippen molar-refractivity contribution in [2.24, 2.45) is 5.73 Å². The molecule has 4 nitrogen and oxygen atoms in total. The quantitative estimate of drug-likeness (QED) is 0.857. The molecule has 4 heteroatoms. The lowest BCUT2D eigenvalue weighted by Crippen LogP contribution is -2.47. The molecule has 1 aliphatic rings. The fourth-order valence-electron chi connectivity index (χ4n) is 3.36. The Kier molecular flexibility index (Phi) is 4.90. The number of hydrogen-bond acceptors (Lipinski definition) is 4. The van der Waals surface area contributed by atoms with Crippen molar-refractivity contribution in [3.63, 3.8) is 0 Å². The van der Waals surface area contributed by atoms with Gasteiger partial charge in [-0.15, -0.1) is 0 Å². The molecule has 0 bridgehead atoms. The van der Waals surface area contributed by atoms with Gasteiger partial charge in [0.2, 0.25) is 0 Å². The number of rotatable bonds is 6. The molecule has 0 aliphatic carbocycles. The Bertz CT molecular complexity index is 685. The number of fused-ring (bicyclic) bond motifs is 1. The zero-order valence-corrected chi connectivity index (χ0v) is 14.4. The van der Waals surface area contributed by atoms with Gasteiger partial charge in [0.15, 0.2) is 0 Å². The molecular formula is C20H26N2O2. The first kappa shape index (κ1) is 17.0. The van der Waals surface area contributed by atoms with Crippen LogP contribution in [0.15, 0.2) is 48.5 Å². The average molecular weight is 326 g/mol. The van der Waals surface area contributed by atoms with Crippen molar-refractivity contribution in [3.05, 3.63) is 65.2 Å². The second-order valence-electron chi connectivity index (χ2n) is 6.95. The highest BCUT2D eigenvalue weighted by Gasteiger charge is 2.39. The normalized spacial score (nSPS) is 17.8. The maximum atomic E-state index is 9.75. The SMILES string of the molecule is CC(C)(CO)N1Cc2c(OCc3ccccc3)cccc2C1CN. The Hall–Kier alpha value is -1.88. The first-order valence-corrected chi connectivity index (χ1v) is 8.43. The Morgan fingerprint density at radius 1 is 1.17 bits per heavy atom. The molecule has 0 saturated heterocycles. The minimum absolute atomic E-state index is 0.0949. The Balaban J connectivity index is 1.85. The number of benzene rings is 2. The van der Waals surface area contributed by atoms with Crippen LogP contribution in [0.3, 0.4) is 0 Å². The van der Waals surface area contributed by atoms with Gasteiger partial charge in [0.25, 0.3) is 0 Å². The third kappa shape index (κ3) is 3.18. The summed E-state index contributed by atoms with van der Waals surface area (Å²) in [6.45, 7) is 6.01. The van der Waals surface area contributed by atoms with Gasteiger partial charge in [-0.3, -0.25) is 4.90 Å². The van der Waals surface area contributed by atoms with Crippen molar-refractivity contribution in [2.45, 2.75) is 38.6 Å². The number of ether oxygens (including phenoxy) is 1. The van der Waals surface area contributed by atoms with Crippen LogP contribution in [0.2, 0.25) is 0 Å². The molecule has 0 radical (unpaired) electrons. The number of aliphatic hydroxyl groups excluding tert-OH is 1. The number of nitrogens with zero attached hydrogens (tertiary/aromatic N) is 1. The summed E-state index contributed by atoms with van der Waals surface area (Å²) in [5.74, 6) is 0.908. The minimum Gasteiger partial charge on any atom is -0.489 e. The summed E-state index contributed by atoms with van der Waals surface area (Å²) in [5, 5.41) is 9.75. The molecular weight excluding hydrogens is 300 g/mol. The van der Waals surface area contributed by atoms with E-state index in [9.17, 15) is 5.11 Å². The van der Waals surface area contributed by atoms with Crippen LogP contribution in [0, 0.1) is 0 Å². The third-order valence-corrected chi connectivity index (χ3v) is 4.86. The van der Waals surface area contributed by atoms with Gasteiger partial charge in [-0.05, 0) is 31.0 Å². The molecule has 3 N–H and O–H groups in total. The first-order valence-electron chi connectivity index (χ1n) is 8.43. The highest BCUT2D eigenvalue weighted by molar-refractivity contribution is 5.45.